The van der Waals surface area contributed by atoms with Crippen LogP contribution in [0.3, 0.4) is 0 Å². The van der Waals surface area contributed by atoms with Crippen molar-refractivity contribution in [2.75, 3.05) is 6.54 Å². The number of H-pyrrole nitrogens is 1. The number of nitrogens with zero attached hydrogens (tertiary/aromatic N) is 2. The molecule has 1 atom stereocenters. The van der Waals surface area contributed by atoms with Crippen LogP contribution in [0.1, 0.15) is 56.7 Å². The minimum absolute atomic E-state index is 0.0547. The van der Waals surface area contributed by atoms with Gasteiger partial charge in [-0.15, -0.1) is 0 Å². The van der Waals surface area contributed by atoms with Crippen LogP contribution in [-0.2, 0) is 17.6 Å². The summed E-state index contributed by atoms with van der Waals surface area (Å²) in [4.78, 5) is 23.1. The van der Waals surface area contributed by atoms with Crippen LogP contribution >= 0.6 is 15.9 Å². The van der Waals surface area contributed by atoms with Gasteiger partial charge in [-0.1, -0.05) is 46.3 Å². The van der Waals surface area contributed by atoms with Crippen LogP contribution in [-0.4, -0.2) is 33.1 Å². The number of rotatable bonds is 2. The molecule has 5 rings (SSSR count). The second-order valence-electron chi connectivity index (χ2n) is 9.66. The number of aryl methyl sites for hydroxylation is 2. The van der Waals surface area contributed by atoms with Gasteiger partial charge in [0.25, 0.3) is 0 Å². The summed E-state index contributed by atoms with van der Waals surface area (Å²) in [6.07, 6.45) is 3.52. The van der Waals surface area contributed by atoms with Gasteiger partial charge in [-0.05, 0) is 75.3 Å². The van der Waals surface area contributed by atoms with Crippen LogP contribution < -0.4 is 0 Å². The highest BCUT2D eigenvalue weighted by Crippen LogP contribution is 2.38. The largest absolute Gasteiger partial charge is 0.444 e. The number of carbonyl (C=O) groups excluding carboxylic acids is 1. The van der Waals surface area contributed by atoms with Crippen molar-refractivity contribution in [1.29, 1.82) is 0 Å². The smallest absolute Gasteiger partial charge is 0.410 e. The maximum Gasteiger partial charge on any atom is 0.410 e. The highest BCUT2D eigenvalue weighted by molar-refractivity contribution is 9.10. The Kier molecular flexibility index (Phi) is 5.36. The second-order valence-corrected chi connectivity index (χ2v) is 10.6. The number of fused-ring (bicyclic) bond motifs is 3. The van der Waals surface area contributed by atoms with Gasteiger partial charge in [0.05, 0.1) is 11.7 Å². The molecule has 2 aromatic carbocycles. The first-order valence-corrected chi connectivity index (χ1v) is 12.1. The summed E-state index contributed by atoms with van der Waals surface area (Å²) in [5.41, 5.74) is 6.64. The summed E-state index contributed by atoms with van der Waals surface area (Å²) < 4.78 is 6.72. The predicted octanol–water partition coefficient (Wildman–Crippen LogP) is 6.68. The number of carbonyl (C=O) groups is 1. The summed E-state index contributed by atoms with van der Waals surface area (Å²) in [5.74, 6) is 0.878. The lowest BCUT2D eigenvalue weighted by molar-refractivity contribution is 0.0218. The number of aromatic amines is 1. The second kappa shape index (κ2) is 8.07. The molecule has 0 radical (unpaired) electrons. The number of imidazole rings is 1. The van der Waals surface area contributed by atoms with Gasteiger partial charge in [-0.3, -0.25) is 4.90 Å². The molecule has 1 fully saturated rings. The standard InChI is InChI=1S/C26H28BrN3O2/c1-26(2,3)32-25(31)30-14-4-5-22(30)24-28-21-13-9-18-15-17(8-12-20(18)23(21)29-24)16-6-10-19(27)11-7-16/h6-8,10-12,15,22H,4-5,9,13-14H2,1-3H3,(H,28,29)/t22-/m0/s1. The lowest BCUT2D eigenvalue weighted by Gasteiger charge is -2.27. The topological polar surface area (TPSA) is 58.2 Å². The molecule has 2 heterocycles. The van der Waals surface area contributed by atoms with E-state index >= 15 is 0 Å². The molecule has 1 aromatic heterocycles. The average Bonchev–Trinajstić information content (AvgIpc) is 3.39. The highest BCUT2D eigenvalue weighted by Gasteiger charge is 2.36. The Balaban J connectivity index is 1.43. The number of amides is 1. The number of benzene rings is 2. The van der Waals surface area contributed by atoms with E-state index in [2.05, 4.69) is 63.4 Å². The molecule has 1 saturated heterocycles. The zero-order valence-corrected chi connectivity index (χ0v) is 20.3. The number of aromatic nitrogens is 2. The number of nitrogens with one attached hydrogen (secondary N) is 1. The van der Waals surface area contributed by atoms with E-state index < -0.39 is 5.60 Å². The van der Waals surface area contributed by atoms with Crippen molar-refractivity contribution < 1.29 is 9.53 Å². The molecule has 1 N–H and O–H groups in total. The lowest BCUT2D eigenvalue weighted by atomic mass is 9.89. The molecule has 3 aromatic rings. The molecule has 32 heavy (non-hydrogen) atoms. The minimum atomic E-state index is -0.502. The molecule has 0 saturated carbocycles. The van der Waals surface area contributed by atoms with Gasteiger partial charge in [0, 0.05) is 22.3 Å². The number of hydrogen-bond donors (Lipinski definition) is 1. The van der Waals surface area contributed by atoms with E-state index in [1.807, 2.05) is 25.7 Å². The van der Waals surface area contributed by atoms with Gasteiger partial charge < -0.3 is 9.72 Å². The van der Waals surface area contributed by atoms with Gasteiger partial charge in [-0.2, -0.15) is 0 Å². The Morgan fingerprint density at radius 1 is 1.12 bits per heavy atom. The quantitative estimate of drug-likeness (QED) is 0.433. The average molecular weight is 494 g/mol. The first-order valence-electron chi connectivity index (χ1n) is 11.3. The first-order chi connectivity index (χ1) is 15.3. The fourth-order valence-corrected chi connectivity index (χ4v) is 4.96. The van der Waals surface area contributed by atoms with Gasteiger partial charge in [0.1, 0.15) is 11.4 Å². The SMILES string of the molecule is CC(C)(C)OC(=O)N1CCC[C@H]1c1nc2c([nH]1)CCc1cc(-c3ccc(Br)cc3)ccc1-2. The molecule has 6 heteroatoms. The van der Waals surface area contributed by atoms with Crippen molar-refractivity contribution in [2.24, 2.45) is 0 Å². The molecular weight excluding hydrogens is 466 g/mol. The van der Waals surface area contributed by atoms with Gasteiger partial charge in [-0.25, -0.2) is 9.78 Å². The number of halogens is 1. The molecule has 1 amide bonds. The number of likely N-dealkylation sites (tertiary alicyclic amines) is 1. The fourth-order valence-electron chi connectivity index (χ4n) is 4.69. The van der Waals surface area contributed by atoms with Crippen molar-refractivity contribution in [2.45, 2.75) is 58.1 Å². The molecule has 166 valence electrons. The van der Waals surface area contributed by atoms with Crippen molar-refractivity contribution >= 4 is 22.0 Å². The van der Waals surface area contributed by atoms with Crippen molar-refractivity contribution in [3.05, 3.63) is 64.0 Å². The summed E-state index contributed by atoms with van der Waals surface area (Å²) in [7, 11) is 0. The zero-order chi connectivity index (χ0) is 22.5. The van der Waals surface area contributed by atoms with Gasteiger partial charge in [0.15, 0.2) is 0 Å². The monoisotopic (exact) mass is 493 g/mol. The van der Waals surface area contributed by atoms with Crippen LogP contribution in [0.25, 0.3) is 22.4 Å². The molecule has 0 bridgehead atoms. The molecular formula is C26H28BrN3O2. The first kappa shape index (κ1) is 21.3. The van der Waals surface area contributed by atoms with Crippen LogP contribution in [0.15, 0.2) is 46.9 Å². The molecule has 1 aliphatic heterocycles. The van der Waals surface area contributed by atoms with Crippen LogP contribution in [0.2, 0.25) is 0 Å². The van der Waals surface area contributed by atoms with E-state index in [-0.39, 0.29) is 12.1 Å². The summed E-state index contributed by atoms with van der Waals surface area (Å²) in [5, 5.41) is 0. The van der Waals surface area contributed by atoms with E-state index in [0.717, 1.165) is 41.7 Å². The molecule has 0 spiro atoms. The number of ether oxygens (including phenoxy) is 1. The summed E-state index contributed by atoms with van der Waals surface area (Å²) in [6, 6.07) is 15.0. The Bertz CT molecular complexity index is 1160. The normalized spacial score (nSPS) is 17.8. The van der Waals surface area contributed by atoms with Crippen LogP contribution in [0.5, 0.6) is 0 Å². The lowest BCUT2D eigenvalue weighted by Crippen LogP contribution is -2.36. The zero-order valence-electron chi connectivity index (χ0n) is 18.7. The van der Waals surface area contributed by atoms with Crippen LogP contribution in [0.4, 0.5) is 4.79 Å². The fraction of sp³-hybridized carbons (Fsp3) is 0.385. The van der Waals surface area contributed by atoms with E-state index in [1.165, 1.54) is 27.9 Å². The third kappa shape index (κ3) is 4.08. The third-order valence-electron chi connectivity index (χ3n) is 6.18. The van der Waals surface area contributed by atoms with E-state index in [4.69, 9.17) is 9.72 Å². The van der Waals surface area contributed by atoms with Crippen molar-refractivity contribution in [3.8, 4) is 22.4 Å². The molecule has 1 aliphatic carbocycles. The minimum Gasteiger partial charge on any atom is -0.444 e. The Morgan fingerprint density at radius 2 is 1.88 bits per heavy atom. The van der Waals surface area contributed by atoms with Crippen molar-refractivity contribution in [1.82, 2.24) is 14.9 Å². The van der Waals surface area contributed by atoms with Crippen LogP contribution in [0, 0.1) is 0 Å². The molecule has 5 nitrogen and oxygen atoms in total. The molecule has 2 aliphatic rings. The Morgan fingerprint density at radius 3 is 2.62 bits per heavy atom. The predicted molar refractivity (Wildman–Crippen MR) is 129 cm³/mol. The highest BCUT2D eigenvalue weighted by atomic mass is 79.9. The van der Waals surface area contributed by atoms with Gasteiger partial charge >= 0.3 is 6.09 Å². The summed E-state index contributed by atoms with van der Waals surface area (Å²) in [6.45, 7) is 6.42. The molecule has 0 unspecified atom stereocenters. The van der Waals surface area contributed by atoms with Gasteiger partial charge in [0.2, 0.25) is 0 Å². The Hall–Kier alpha value is -2.60. The number of hydrogen-bond acceptors (Lipinski definition) is 3. The Labute approximate surface area is 197 Å². The van der Waals surface area contributed by atoms with Crippen molar-refractivity contribution in [3.63, 3.8) is 0 Å². The maximum absolute atomic E-state index is 12.7. The van der Waals surface area contributed by atoms with E-state index in [1.54, 1.807) is 0 Å². The third-order valence-corrected chi connectivity index (χ3v) is 6.70. The maximum atomic E-state index is 12.7. The summed E-state index contributed by atoms with van der Waals surface area (Å²) >= 11 is 3.51. The van der Waals surface area contributed by atoms with E-state index in [0.29, 0.717) is 6.54 Å². The van der Waals surface area contributed by atoms with E-state index in [9.17, 15) is 4.79 Å².